The molecule has 94 valence electrons. The van der Waals surface area contributed by atoms with E-state index in [0.29, 0.717) is 6.61 Å². The smallest absolute Gasteiger partial charge is 0.417 e. The van der Waals surface area contributed by atoms with Crippen LogP contribution in [0, 0.1) is 5.92 Å². The second-order valence-corrected chi connectivity index (χ2v) is 4.19. The van der Waals surface area contributed by atoms with E-state index in [9.17, 15) is 9.59 Å². The standard InChI is InChI=1S/C12H22O4/c1-4-5-6-7-8-15-11(13)12(14)16-9-10(2)3/h10H,4-9H2,1-3H3. The zero-order valence-electron chi connectivity index (χ0n) is 10.5. The fraction of sp³-hybridized carbons (Fsp3) is 0.833. The van der Waals surface area contributed by atoms with Crippen molar-refractivity contribution in [1.29, 1.82) is 0 Å². The molecule has 0 aliphatic carbocycles. The number of unbranched alkanes of at least 4 members (excludes halogenated alkanes) is 3. The number of esters is 2. The van der Waals surface area contributed by atoms with Gasteiger partial charge in [-0.3, -0.25) is 0 Å². The molecule has 0 aliphatic heterocycles. The molecule has 0 aromatic carbocycles. The van der Waals surface area contributed by atoms with E-state index in [-0.39, 0.29) is 12.5 Å². The van der Waals surface area contributed by atoms with E-state index in [4.69, 9.17) is 9.47 Å². The van der Waals surface area contributed by atoms with Crippen molar-refractivity contribution in [2.24, 2.45) is 5.92 Å². The first-order valence-corrected chi connectivity index (χ1v) is 5.91. The maximum atomic E-state index is 11.1. The topological polar surface area (TPSA) is 52.6 Å². The predicted octanol–water partition coefficient (Wildman–Crippen LogP) is 2.31. The van der Waals surface area contributed by atoms with Crippen molar-refractivity contribution in [3.63, 3.8) is 0 Å². The first-order valence-electron chi connectivity index (χ1n) is 5.91. The maximum Gasteiger partial charge on any atom is 0.417 e. The van der Waals surface area contributed by atoms with Crippen LogP contribution in [0.1, 0.15) is 46.5 Å². The fourth-order valence-corrected chi connectivity index (χ4v) is 1.05. The van der Waals surface area contributed by atoms with E-state index in [1.54, 1.807) is 0 Å². The van der Waals surface area contributed by atoms with Crippen molar-refractivity contribution in [2.45, 2.75) is 46.5 Å². The molecule has 0 aromatic heterocycles. The SMILES string of the molecule is CCCCCCOC(=O)C(=O)OCC(C)C. The van der Waals surface area contributed by atoms with Crippen LogP contribution in [-0.4, -0.2) is 25.2 Å². The average molecular weight is 230 g/mol. The molecule has 0 amide bonds. The molecule has 0 rings (SSSR count). The molecular formula is C12H22O4. The lowest BCUT2D eigenvalue weighted by Crippen LogP contribution is -2.22. The van der Waals surface area contributed by atoms with Gasteiger partial charge in [0.15, 0.2) is 0 Å². The minimum Gasteiger partial charge on any atom is -0.457 e. The third kappa shape index (κ3) is 8.26. The van der Waals surface area contributed by atoms with Crippen LogP contribution in [0.5, 0.6) is 0 Å². The first-order chi connectivity index (χ1) is 7.57. The molecule has 0 saturated heterocycles. The number of carbonyl (C=O) groups is 2. The molecule has 0 radical (unpaired) electrons. The van der Waals surface area contributed by atoms with Gasteiger partial charge in [0.2, 0.25) is 0 Å². The molecule has 4 nitrogen and oxygen atoms in total. The zero-order chi connectivity index (χ0) is 12.4. The molecule has 0 unspecified atom stereocenters. The summed E-state index contributed by atoms with van der Waals surface area (Å²) in [4.78, 5) is 22.2. The Morgan fingerprint density at radius 3 is 2.19 bits per heavy atom. The Hall–Kier alpha value is -1.06. The van der Waals surface area contributed by atoms with Crippen molar-refractivity contribution < 1.29 is 19.1 Å². The van der Waals surface area contributed by atoms with E-state index in [1.165, 1.54) is 0 Å². The second kappa shape index (κ2) is 9.19. The lowest BCUT2D eigenvalue weighted by Gasteiger charge is -2.06. The summed E-state index contributed by atoms with van der Waals surface area (Å²) in [6.07, 6.45) is 4.07. The van der Waals surface area contributed by atoms with Gasteiger partial charge >= 0.3 is 11.9 Å². The van der Waals surface area contributed by atoms with Crippen LogP contribution in [-0.2, 0) is 19.1 Å². The van der Waals surface area contributed by atoms with Gasteiger partial charge in [0, 0.05) is 0 Å². The number of ether oxygens (including phenoxy) is 2. The summed E-state index contributed by atoms with van der Waals surface area (Å²) < 4.78 is 9.50. The van der Waals surface area contributed by atoms with Gasteiger partial charge in [-0.15, -0.1) is 0 Å². The third-order valence-corrected chi connectivity index (χ3v) is 1.95. The molecule has 0 fully saturated rings. The van der Waals surface area contributed by atoms with Crippen LogP contribution in [0.15, 0.2) is 0 Å². The summed E-state index contributed by atoms with van der Waals surface area (Å²) in [7, 11) is 0. The highest BCUT2D eigenvalue weighted by molar-refractivity contribution is 6.29. The highest BCUT2D eigenvalue weighted by Crippen LogP contribution is 2.00. The Morgan fingerprint density at radius 1 is 1.00 bits per heavy atom. The summed E-state index contributed by atoms with van der Waals surface area (Å²) in [6.45, 7) is 6.47. The van der Waals surface area contributed by atoms with Gasteiger partial charge in [0.05, 0.1) is 13.2 Å². The average Bonchev–Trinajstić information content (AvgIpc) is 2.25. The first kappa shape index (κ1) is 14.9. The number of hydrogen-bond acceptors (Lipinski definition) is 4. The van der Waals surface area contributed by atoms with Gasteiger partial charge in [-0.25, -0.2) is 9.59 Å². The molecular weight excluding hydrogens is 208 g/mol. The van der Waals surface area contributed by atoms with Crippen LogP contribution >= 0.6 is 0 Å². The Kier molecular flexibility index (Phi) is 8.58. The summed E-state index contributed by atoms with van der Waals surface area (Å²) >= 11 is 0. The lowest BCUT2D eigenvalue weighted by molar-refractivity contribution is -0.168. The van der Waals surface area contributed by atoms with Gasteiger partial charge in [0.25, 0.3) is 0 Å². The quantitative estimate of drug-likeness (QED) is 0.382. The lowest BCUT2D eigenvalue weighted by atomic mass is 10.2. The minimum atomic E-state index is -0.885. The van der Waals surface area contributed by atoms with E-state index in [2.05, 4.69) is 6.92 Å². The van der Waals surface area contributed by atoms with Crippen LogP contribution < -0.4 is 0 Å². The monoisotopic (exact) mass is 230 g/mol. The van der Waals surface area contributed by atoms with Crippen molar-refractivity contribution in [2.75, 3.05) is 13.2 Å². The molecule has 0 atom stereocenters. The van der Waals surface area contributed by atoms with Gasteiger partial charge in [-0.05, 0) is 12.3 Å². The van der Waals surface area contributed by atoms with Crippen LogP contribution in [0.2, 0.25) is 0 Å². The molecule has 0 spiro atoms. The van der Waals surface area contributed by atoms with Crippen molar-refractivity contribution in [1.82, 2.24) is 0 Å². The van der Waals surface area contributed by atoms with Gasteiger partial charge < -0.3 is 9.47 Å². The zero-order valence-corrected chi connectivity index (χ0v) is 10.5. The van der Waals surface area contributed by atoms with E-state index < -0.39 is 11.9 Å². The van der Waals surface area contributed by atoms with Crippen molar-refractivity contribution >= 4 is 11.9 Å². The number of hydrogen-bond donors (Lipinski definition) is 0. The Morgan fingerprint density at radius 2 is 1.62 bits per heavy atom. The Bertz CT molecular complexity index is 211. The fourth-order valence-electron chi connectivity index (χ4n) is 1.05. The largest absolute Gasteiger partial charge is 0.457 e. The number of rotatable bonds is 7. The predicted molar refractivity (Wildman–Crippen MR) is 60.9 cm³/mol. The Labute approximate surface area is 97.3 Å². The van der Waals surface area contributed by atoms with Crippen LogP contribution in [0.3, 0.4) is 0 Å². The molecule has 0 heterocycles. The van der Waals surface area contributed by atoms with Gasteiger partial charge in [0.1, 0.15) is 0 Å². The van der Waals surface area contributed by atoms with Crippen LogP contribution in [0.4, 0.5) is 0 Å². The molecule has 4 heteroatoms. The Balaban J connectivity index is 3.52. The summed E-state index contributed by atoms with van der Waals surface area (Å²) in [6, 6.07) is 0. The molecule has 0 N–H and O–H groups in total. The summed E-state index contributed by atoms with van der Waals surface area (Å²) in [5.41, 5.74) is 0. The molecule has 0 bridgehead atoms. The normalized spacial score (nSPS) is 10.2. The van der Waals surface area contributed by atoms with E-state index in [1.807, 2.05) is 13.8 Å². The van der Waals surface area contributed by atoms with Gasteiger partial charge in [-0.2, -0.15) is 0 Å². The minimum absolute atomic E-state index is 0.223. The molecule has 0 aliphatic rings. The molecule has 0 aromatic rings. The second-order valence-electron chi connectivity index (χ2n) is 4.19. The van der Waals surface area contributed by atoms with Crippen LogP contribution in [0.25, 0.3) is 0 Å². The van der Waals surface area contributed by atoms with Gasteiger partial charge in [-0.1, -0.05) is 40.0 Å². The maximum absolute atomic E-state index is 11.1. The summed E-state index contributed by atoms with van der Waals surface area (Å²) in [5, 5.41) is 0. The van der Waals surface area contributed by atoms with E-state index in [0.717, 1.165) is 25.7 Å². The number of carbonyl (C=O) groups excluding carboxylic acids is 2. The highest BCUT2D eigenvalue weighted by atomic mass is 16.6. The molecule has 0 saturated carbocycles. The van der Waals surface area contributed by atoms with E-state index >= 15 is 0 Å². The third-order valence-electron chi connectivity index (χ3n) is 1.95. The summed E-state index contributed by atoms with van der Waals surface area (Å²) in [5.74, 6) is -1.54. The van der Waals surface area contributed by atoms with Crippen molar-refractivity contribution in [3.05, 3.63) is 0 Å². The van der Waals surface area contributed by atoms with Crippen molar-refractivity contribution in [3.8, 4) is 0 Å². The highest BCUT2D eigenvalue weighted by Gasteiger charge is 2.17. The molecule has 16 heavy (non-hydrogen) atoms.